The van der Waals surface area contributed by atoms with E-state index in [9.17, 15) is 0 Å². The minimum atomic E-state index is -0.120. The summed E-state index contributed by atoms with van der Waals surface area (Å²) in [6.07, 6.45) is 11.4. The lowest BCUT2D eigenvalue weighted by Crippen LogP contribution is -2.40. The van der Waals surface area contributed by atoms with E-state index >= 15 is 0 Å². The van der Waals surface area contributed by atoms with Crippen LogP contribution in [0.4, 0.5) is 22.7 Å². The molecule has 1 aliphatic carbocycles. The fraction of sp³-hybridized carbons (Fsp3) is 0.227. The highest BCUT2D eigenvalue weighted by Crippen LogP contribution is 2.51. The molecule has 5 aromatic carbocycles. The van der Waals surface area contributed by atoms with Gasteiger partial charge in [-0.3, -0.25) is 0 Å². The molecule has 5 aromatic rings. The highest BCUT2D eigenvalue weighted by atomic mass is 15.2. The van der Waals surface area contributed by atoms with Crippen molar-refractivity contribution in [1.29, 1.82) is 0 Å². The van der Waals surface area contributed by atoms with Crippen molar-refractivity contribution in [2.45, 2.75) is 64.5 Å². The topological polar surface area (TPSA) is 6.48 Å². The molecule has 0 saturated carbocycles. The van der Waals surface area contributed by atoms with E-state index in [1.54, 1.807) is 0 Å². The Morgan fingerprint density at radius 2 is 1.28 bits per heavy atom. The van der Waals surface area contributed by atoms with Gasteiger partial charge in [0.2, 0.25) is 0 Å². The summed E-state index contributed by atoms with van der Waals surface area (Å²) in [7, 11) is 0. The zero-order valence-corrected chi connectivity index (χ0v) is 27.6. The van der Waals surface area contributed by atoms with E-state index in [1.165, 1.54) is 73.7 Å². The summed E-state index contributed by atoms with van der Waals surface area (Å²) in [5.41, 5.74) is 15.6. The molecule has 1 atom stereocenters. The monoisotopic (exact) mass is 598 g/mol. The van der Waals surface area contributed by atoms with E-state index in [4.69, 9.17) is 0 Å². The fourth-order valence-electron chi connectivity index (χ4n) is 7.99. The third-order valence-electron chi connectivity index (χ3n) is 10.5. The summed E-state index contributed by atoms with van der Waals surface area (Å²) in [5.74, 6) is 0. The average Bonchev–Trinajstić information content (AvgIpc) is 3.29. The zero-order chi connectivity index (χ0) is 31.6. The van der Waals surface area contributed by atoms with Crippen molar-refractivity contribution in [1.82, 2.24) is 0 Å². The van der Waals surface area contributed by atoms with Crippen molar-refractivity contribution in [3.05, 3.63) is 149 Å². The van der Waals surface area contributed by atoms with Gasteiger partial charge < -0.3 is 9.80 Å². The highest BCUT2D eigenvalue weighted by Gasteiger charge is 2.37. The van der Waals surface area contributed by atoms with E-state index < -0.39 is 0 Å². The molecule has 0 bridgehead atoms. The van der Waals surface area contributed by atoms with Crippen molar-refractivity contribution in [2.24, 2.45) is 0 Å². The fourth-order valence-corrected chi connectivity index (χ4v) is 7.99. The summed E-state index contributed by atoms with van der Waals surface area (Å²) in [6.45, 7) is 11.7. The third kappa shape index (κ3) is 4.62. The molecule has 0 aromatic heterocycles. The Labute approximate surface area is 274 Å². The number of fused-ring (bicyclic) bond motifs is 5. The number of benzene rings is 5. The van der Waals surface area contributed by atoms with Crippen LogP contribution >= 0.6 is 0 Å². The maximum absolute atomic E-state index is 2.50. The number of hydrogen-bond donors (Lipinski definition) is 0. The molecule has 2 heterocycles. The minimum absolute atomic E-state index is 0.0944. The Balaban J connectivity index is 1.07. The van der Waals surface area contributed by atoms with Crippen LogP contribution in [-0.2, 0) is 11.8 Å². The van der Waals surface area contributed by atoms with Gasteiger partial charge >= 0.3 is 0 Å². The Morgan fingerprint density at radius 1 is 0.652 bits per heavy atom. The normalized spacial score (nSPS) is 18.7. The van der Waals surface area contributed by atoms with Gasteiger partial charge in [0.25, 0.3) is 0 Å². The van der Waals surface area contributed by atoms with Gasteiger partial charge in [0.15, 0.2) is 0 Å². The Kier molecular flexibility index (Phi) is 6.62. The number of nitrogens with zero attached hydrogens (tertiary/aromatic N) is 2. The second kappa shape index (κ2) is 10.6. The minimum Gasteiger partial charge on any atom is -0.338 e. The van der Waals surface area contributed by atoms with Crippen molar-refractivity contribution in [3.63, 3.8) is 0 Å². The number of rotatable bonds is 4. The molecule has 8 rings (SSSR count). The lowest BCUT2D eigenvalue weighted by molar-refractivity contribution is 0.618. The van der Waals surface area contributed by atoms with Crippen LogP contribution in [0.1, 0.15) is 74.4 Å². The van der Waals surface area contributed by atoms with Crippen LogP contribution in [0.15, 0.2) is 115 Å². The molecule has 3 aliphatic rings. The molecule has 0 fully saturated rings. The maximum atomic E-state index is 2.50. The van der Waals surface area contributed by atoms with Gasteiger partial charge in [0, 0.05) is 34.2 Å². The van der Waals surface area contributed by atoms with Gasteiger partial charge in [-0.15, -0.1) is 0 Å². The summed E-state index contributed by atoms with van der Waals surface area (Å²) in [4.78, 5) is 4.99. The van der Waals surface area contributed by atoms with E-state index in [1.807, 2.05) is 0 Å². The van der Waals surface area contributed by atoms with Gasteiger partial charge in [-0.1, -0.05) is 111 Å². The molecule has 228 valence electrons. The summed E-state index contributed by atoms with van der Waals surface area (Å²) < 4.78 is 0. The van der Waals surface area contributed by atoms with Crippen LogP contribution in [0.3, 0.4) is 0 Å². The first-order valence-electron chi connectivity index (χ1n) is 16.7. The predicted molar refractivity (Wildman–Crippen MR) is 197 cm³/mol. The third-order valence-corrected chi connectivity index (χ3v) is 10.5. The number of hydrogen-bond acceptors (Lipinski definition) is 2. The first-order chi connectivity index (χ1) is 22.2. The summed E-state index contributed by atoms with van der Waals surface area (Å²) >= 11 is 0. The van der Waals surface area contributed by atoms with Gasteiger partial charge in [-0.25, -0.2) is 0 Å². The van der Waals surface area contributed by atoms with E-state index in [0.29, 0.717) is 6.04 Å². The molecule has 0 spiro atoms. The first-order valence-corrected chi connectivity index (χ1v) is 16.7. The zero-order valence-electron chi connectivity index (χ0n) is 27.6. The molecule has 0 N–H and O–H groups in total. The van der Waals surface area contributed by atoms with E-state index in [-0.39, 0.29) is 11.0 Å². The second-order valence-corrected chi connectivity index (χ2v) is 14.4. The van der Waals surface area contributed by atoms with Gasteiger partial charge in [0.05, 0.1) is 5.54 Å². The average molecular weight is 599 g/mol. The SMILES string of the molecule is CC1CCc2ccccc2N1c1ccc(/C=C/c2ccc3c(c2)C(C)(C)c2cc(N4c5ccccc5C=CC4(C)C)ccc2-3)cc1. The van der Waals surface area contributed by atoms with Crippen LogP contribution in [0.5, 0.6) is 0 Å². The molecular weight excluding hydrogens is 556 g/mol. The molecular formula is C44H42N2. The standard InChI is InChI=1S/C44H42N2/c1-30-14-20-33-10-6-8-12-41(33)45(30)35-21-17-31(18-22-35)15-16-32-19-24-37-38-25-23-36(29-40(38)44(4,5)39(37)28-32)46-42-13-9-7-11-34(42)26-27-43(46,2)3/h6-13,15-19,21-30H,14,20H2,1-5H3/b16-15+. The number of anilines is 4. The van der Waals surface area contributed by atoms with Crippen LogP contribution in [0.25, 0.3) is 29.4 Å². The molecule has 0 saturated heterocycles. The number of para-hydroxylation sites is 2. The highest BCUT2D eigenvalue weighted by molar-refractivity contribution is 5.87. The van der Waals surface area contributed by atoms with E-state index in [0.717, 1.165) is 6.42 Å². The first kappa shape index (κ1) is 28.6. The Bertz CT molecular complexity index is 2020. The summed E-state index contributed by atoms with van der Waals surface area (Å²) in [5, 5.41) is 0. The Morgan fingerprint density at radius 3 is 2.09 bits per heavy atom. The van der Waals surface area contributed by atoms with Crippen LogP contribution in [0, 0.1) is 0 Å². The van der Waals surface area contributed by atoms with Crippen molar-refractivity contribution in [3.8, 4) is 11.1 Å². The maximum Gasteiger partial charge on any atom is 0.0580 e. The lowest BCUT2D eigenvalue weighted by Gasteiger charge is -2.42. The van der Waals surface area contributed by atoms with Gasteiger partial charge in [-0.05, 0) is 115 Å². The Hall–Kier alpha value is -4.82. The molecule has 2 aliphatic heterocycles. The quantitative estimate of drug-likeness (QED) is 0.190. The van der Waals surface area contributed by atoms with Crippen molar-refractivity contribution < 1.29 is 0 Å². The predicted octanol–water partition coefficient (Wildman–Crippen LogP) is 11.6. The van der Waals surface area contributed by atoms with Crippen LogP contribution in [-0.4, -0.2) is 11.6 Å². The molecule has 46 heavy (non-hydrogen) atoms. The van der Waals surface area contributed by atoms with Crippen molar-refractivity contribution in [2.75, 3.05) is 9.80 Å². The van der Waals surface area contributed by atoms with Gasteiger partial charge in [-0.2, -0.15) is 0 Å². The van der Waals surface area contributed by atoms with Crippen LogP contribution in [0.2, 0.25) is 0 Å². The number of aryl methyl sites for hydroxylation is 1. The molecule has 0 amide bonds. The largest absolute Gasteiger partial charge is 0.338 e. The second-order valence-electron chi connectivity index (χ2n) is 14.4. The molecule has 1 unspecified atom stereocenters. The smallest absolute Gasteiger partial charge is 0.0580 e. The lowest BCUT2D eigenvalue weighted by atomic mass is 9.81. The molecule has 2 nitrogen and oxygen atoms in total. The molecule has 2 heteroatoms. The van der Waals surface area contributed by atoms with Crippen molar-refractivity contribution >= 4 is 41.0 Å². The van der Waals surface area contributed by atoms with E-state index in [2.05, 4.69) is 178 Å². The summed E-state index contributed by atoms with van der Waals surface area (Å²) in [6, 6.07) is 41.2. The van der Waals surface area contributed by atoms with Gasteiger partial charge in [0.1, 0.15) is 0 Å². The molecule has 0 radical (unpaired) electrons. The van der Waals surface area contributed by atoms with Crippen LogP contribution < -0.4 is 9.80 Å².